The van der Waals surface area contributed by atoms with E-state index in [1.807, 2.05) is 18.3 Å². The van der Waals surface area contributed by atoms with E-state index in [1.165, 1.54) is 49.9 Å². The van der Waals surface area contributed by atoms with Gasteiger partial charge < -0.3 is 26.3 Å². The van der Waals surface area contributed by atoms with Crippen molar-refractivity contribution in [3.8, 4) is 6.07 Å². The van der Waals surface area contributed by atoms with Crippen molar-refractivity contribution in [3.05, 3.63) is 39.6 Å². The Hall–Kier alpha value is -3.16. The van der Waals surface area contributed by atoms with E-state index in [0.717, 1.165) is 47.8 Å². The first-order valence-corrected chi connectivity index (χ1v) is 12.8. The normalized spacial score (nSPS) is 16.0. The number of nitrogen functional groups attached to an aromatic ring is 1. The number of nitriles is 1. The zero-order valence-electron chi connectivity index (χ0n) is 19.0. The number of piperidine rings is 2. The number of carbonyl (C=O) groups is 1. The highest BCUT2D eigenvalue weighted by atomic mass is 32.1. The van der Waals surface area contributed by atoms with E-state index < -0.39 is 5.91 Å². The molecule has 178 valence electrons. The van der Waals surface area contributed by atoms with Crippen molar-refractivity contribution in [3.63, 3.8) is 0 Å². The Morgan fingerprint density at radius 3 is 2.26 bits per heavy atom. The number of aromatic amines is 1. The number of anilines is 3. The Morgan fingerprint density at radius 2 is 1.68 bits per heavy atom. The summed E-state index contributed by atoms with van der Waals surface area (Å²) in [5.74, 6) is -0.481. The zero-order chi connectivity index (χ0) is 24.1. The minimum absolute atomic E-state index is 0.409. The van der Waals surface area contributed by atoms with Crippen LogP contribution in [0, 0.1) is 16.0 Å². The van der Waals surface area contributed by atoms with Gasteiger partial charge in [-0.25, -0.2) is 4.98 Å². The monoisotopic (exact) mass is 495 g/mol. The second-order valence-corrected chi connectivity index (χ2v) is 9.90. The van der Waals surface area contributed by atoms with Gasteiger partial charge in [0.15, 0.2) is 0 Å². The average Bonchev–Trinajstić information content (AvgIpc) is 3.22. The number of nitrogens with zero attached hydrogens (tertiary/aromatic N) is 4. The first kappa shape index (κ1) is 24.0. The third kappa shape index (κ3) is 5.00. The topological polar surface area (TPSA) is 128 Å². The first-order valence-electron chi connectivity index (χ1n) is 11.6. The highest BCUT2D eigenvalue weighted by molar-refractivity contribution is 7.71. The number of amides is 1. The molecule has 0 aliphatic carbocycles. The Morgan fingerprint density at radius 1 is 1.06 bits per heavy atom. The van der Waals surface area contributed by atoms with Crippen LogP contribution < -0.4 is 21.3 Å². The van der Waals surface area contributed by atoms with Gasteiger partial charge in [0.05, 0.1) is 22.4 Å². The molecule has 0 radical (unpaired) electrons. The fraction of sp³-hybridized carbons (Fsp3) is 0.417. The predicted molar refractivity (Wildman–Crippen MR) is 141 cm³/mol. The van der Waals surface area contributed by atoms with Gasteiger partial charge in [-0.2, -0.15) is 5.26 Å². The molecule has 0 aromatic carbocycles. The van der Waals surface area contributed by atoms with Crippen LogP contribution in [0.2, 0.25) is 0 Å². The second kappa shape index (κ2) is 10.8. The Kier molecular flexibility index (Phi) is 7.65. The molecule has 1 amide bonds. The number of rotatable bonds is 3. The number of thiophene rings is 1. The number of nitrogens with one attached hydrogen (secondary N) is 1. The number of hydrogen-bond donors (Lipinski definition) is 3. The van der Waals surface area contributed by atoms with E-state index in [9.17, 15) is 4.79 Å². The number of aromatic nitrogens is 2. The number of primary amides is 1. The van der Waals surface area contributed by atoms with E-state index in [2.05, 4.69) is 25.8 Å². The quantitative estimate of drug-likeness (QED) is 0.454. The fourth-order valence-corrected chi connectivity index (χ4v) is 5.74. The van der Waals surface area contributed by atoms with Gasteiger partial charge in [-0.3, -0.25) is 4.79 Å². The van der Waals surface area contributed by atoms with Gasteiger partial charge in [0, 0.05) is 38.6 Å². The molecule has 0 unspecified atom stereocenters. The molecule has 0 bridgehead atoms. The molecule has 0 spiro atoms. The third-order valence-corrected chi connectivity index (χ3v) is 7.72. The lowest BCUT2D eigenvalue weighted by molar-refractivity contribution is 0.100. The van der Waals surface area contributed by atoms with Crippen LogP contribution in [0.15, 0.2) is 24.5 Å². The molecule has 2 aliphatic heterocycles. The number of hydrogen-bond acceptors (Lipinski definition) is 8. The highest BCUT2D eigenvalue weighted by Crippen LogP contribution is 2.39. The van der Waals surface area contributed by atoms with Crippen molar-refractivity contribution in [2.45, 2.75) is 38.5 Å². The molecule has 0 atom stereocenters. The van der Waals surface area contributed by atoms with Crippen LogP contribution in [0.5, 0.6) is 0 Å². The van der Waals surface area contributed by atoms with Gasteiger partial charge in [-0.1, -0.05) is 12.2 Å². The third-order valence-electron chi connectivity index (χ3n) is 6.27. The number of nitrogens with two attached hydrogens (primary N) is 2. The maximum Gasteiger partial charge on any atom is 0.260 e. The average molecular weight is 496 g/mol. The van der Waals surface area contributed by atoms with E-state index in [0.29, 0.717) is 20.8 Å². The van der Waals surface area contributed by atoms with Crippen molar-refractivity contribution in [2.24, 2.45) is 5.73 Å². The lowest BCUT2D eigenvalue weighted by atomic mass is 10.1. The fourth-order valence-electron chi connectivity index (χ4n) is 4.58. The summed E-state index contributed by atoms with van der Waals surface area (Å²) in [5, 5.41) is 9.94. The van der Waals surface area contributed by atoms with Gasteiger partial charge >= 0.3 is 0 Å². The summed E-state index contributed by atoms with van der Waals surface area (Å²) in [6, 6.07) is 6.10. The van der Waals surface area contributed by atoms with Gasteiger partial charge in [0.2, 0.25) is 0 Å². The maximum atomic E-state index is 11.4. The van der Waals surface area contributed by atoms with Crippen molar-refractivity contribution in [1.82, 2.24) is 9.97 Å². The second-order valence-electron chi connectivity index (χ2n) is 8.49. The highest BCUT2D eigenvalue weighted by Gasteiger charge is 2.21. The van der Waals surface area contributed by atoms with Crippen LogP contribution in [0.1, 0.15) is 53.8 Å². The van der Waals surface area contributed by atoms with E-state index in [1.54, 1.807) is 6.20 Å². The van der Waals surface area contributed by atoms with Crippen LogP contribution >= 0.6 is 23.6 Å². The SMILES string of the molecule is N#Cc1c(N2CCCCC2)cc[nH]c1=S.NC(=O)c1sc2nccc(N3CCCCC3)c2c1N. The summed E-state index contributed by atoms with van der Waals surface area (Å²) in [4.78, 5) is 24.4. The summed E-state index contributed by atoms with van der Waals surface area (Å²) >= 11 is 6.38. The molecule has 5 N–H and O–H groups in total. The minimum Gasteiger partial charge on any atom is -0.397 e. The lowest BCUT2D eigenvalue weighted by Gasteiger charge is -2.29. The van der Waals surface area contributed by atoms with Crippen molar-refractivity contribution in [1.29, 1.82) is 5.26 Å². The van der Waals surface area contributed by atoms with Gasteiger partial charge in [0.25, 0.3) is 5.91 Å². The first-order chi connectivity index (χ1) is 16.5. The number of H-pyrrole nitrogens is 1. The number of pyridine rings is 2. The van der Waals surface area contributed by atoms with Crippen LogP contribution in [0.25, 0.3) is 10.2 Å². The molecule has 34 heavy (non-hydrogen) atoms. The van der Waals surface area contributed by atoms with Crippen molar-refractivity contribution >= 4 is 56.7 Å². The summed E-state index contributed by atoms with van der Waals surface area (Å²) in [6.45, 7) is 4.13. The molecular weight excluding hydrogens is 466 g/mol. The van der Waals surface area contributed by atoms with Crippen molar-refractivity contribution in [2.75, 3.05) is 41.7 Å². The van der Waals surface area contributed by atoms with E-state index in [-0.39, 0.29) is 0 Å². The summed E-state index contributed by atoms with van der Waals surface area (Å²) in [7, 11) is 0. The smallest absolute Gasteiger partial charge is 0.260 e. The molecule has 10 heteroatoms. The minimum atomic E-state index is -0.481. The Balaban J connectivity index is 0.000000166. The zero-order valence-corrected chi connectivity index (χ0v) is 20.7. The molecule has 2 saturated heterocycles. The molecule has 5 heterocycles. The van der Waals surface area contributed by atoms with Crippen LogP contribution in [0.4, 0.5) is 17.1 Å². The Bertz CT molecular complexity index is 1260. The Labute approximate surface area is 208 Å². The summed E-state index contributed by atoms with van der Waals surface area (Å²) < 4.78 is 0.542. The maximum absolute atomic E-state index is 11.4. The largest absolute Gasteiger partial charge is 0.397 e. The molecule has 2 fully saturated rings. The van der Waals surface area contributed by atoms with Crippen molar-refractivity contribution < 1.29 is 4.79 Å². The molecule has 0 saturated carbocycles. The molecule has 8 nitrogen and oxygen atoms in total. The number of carbonyl (C=O) groups excluding carboxylic acids is 1. The van der Waals surface area contributed by atoms with Crippen LogP contribution in [0.3, 0.4) is 0 Å². The summed E-state index contributed by atoms with van der Waals surface area (Å²) in [6.07, 6.45) is 10.9. The van der Waals surface area contributed by atoms with Gasteiger partial charge in [-0.05, 0) is 50.7 Å². The van der Waals surface area contributed by atoms with Gasteiger partial charge in [0.1, 0.15) is 26.0 Å². The van der Waals surface area contributed by atoms with E-state index >= 15 is 0 Å². The van der Waals surface area contributed by atoms with E-state index in [4.69, 9.17) is 28.9 Å². The van der Waals surface area contributed by atoms with Gasteiger partial charge in [-0.15, -0.1) is 11.3 Å². The molecule has 3 aromatic rings. The summed E-state index contributed by atoms with van der Waals surface area (Å²) in [5.41, 5.74) is 14.6. The lowest BCUT2D eigenvalue weighted by Crippen LogP contribution is -2.30. The van der Waals surface area contributed by atoms with Crippen LogP contribution in [-0.2, 0) is 0 Å². The molecule has 5 rings (SSSR count). The molecule has 2 aliphatic rings. The molecule has 3 aromatic heterocycles. The van der Waals surface area contributed by atoms with Crippen LogP contribution in [-0.4, -0.2) is 42.1 Å². The number of fused-ring (bicyclic) bond motifs is 1. The predicted octanol–water partition coefficient (Wildman–Crippen LogP) is 4.57. The standard InChI is InChI=1S/C13H16N4OS.C11H13N3S/c14-10-9-8(17-6-2-1-3-7-17)4-5-16-13(9)19-11(10)12(15)18;12-8-9-10(4-5-13-11(9)15)14-6-2-1-3-7-14/h4-5H,1-3,6-7,14H2,(H2,15,18);4-5H,1-3,6-7H2,(H,13,15). The molecular formula is C24H29N7OS2.